The summed E-state index contributed by atoms with van der Waals surface area (Å²) >= 11 is 0. The number of ether oxygens (including phenoxy) is 1. The summed E-state index contributed by atoms with van der Waals surface area (Å²) in [6.07, 6.45) is 2.79. The Balaban J connectivity index is 2.43. The van der Waals surface area contributed by atoms with Crippen molar-refractivity contribution in [2.45, 2.75) is 38.8 Å². The van der Waals surface area contributed by atoms with Crippen LogP contribution in [0.3, 0.4) is 0 Å². The smallest absolute Gasteiger partial charge is 0.0550 e. The van der Waals surface area contributed by atoms with E-state index in [1.807, 2.05) is 7.05 Å². The van der Waals surface area contributed by atoms with Crippen molar-refractivity contribution in [3.63, 3.8) is 0 Å². The molecule has 1 saturated heterocycles. The standard InChI is InChI=1S/C9H19NO/c1-7-6-8(2)11-5-4-9(7)10-3/h7-10H,4-6H2,1-3H3. The molecule has 2 nitrogen and oxygen atoms in total. The Morgan fingerprint density at radius 3 is 2.73 bits per heavy atom. The lowest BCUT2D eigenvalue weighted by Crippen LogP contribution is -2.32. The van der Waals surface area contributed by atoms with Gasteiger partial charge in [0.25, 0.3) is 0 Å². The van der Waals surface area contributed by atoms with Crippen molar-refractivity contribution in [2.24, 2.45) is 5.92 Å². The molecule has 0 aliphatic carbocycles. The summed E-state index contributed by atoms with van der Waals surface area (Å²) in [7, 11) is 2.04. The lowest BCUT2D eigenvalue weighted by Gasteiger charge is -2.20. The zero-order valence-electron chi connectivity index (χ0n) is 7.76. The first-order chi connectivity index (χ1) is 5.24. The van der Waals surface area contributed by atoms with Crippen molar-refractivity contribution in [3.8, 4) is 0 Å². The molecule has 0 aromatic heterocycles. The lowest BCUT2D eigenvalue weighted by molar-refractivity contribution is 0.0685. The molecule has 0 radical (unpaired) electrons. The fourth-order valence-electron chi connectivity index (χ4n) is 1.87. The Bertz CT molecular complexity index is 116. The molecule has 1 aliphatic rings. The maximum Gasteiger partial charge on any atom is 0.0550 e. The maximum atomic E-state index is 5.57. The quantitative estimate of drug-likeness (QED) is 0.621. The van der Waals surface area contributed by atoms with Crippen LogP contribution in [-0.2, 0) is 4.74 Å². The number of hydrogen-bond donors (Lipinski definition) is 1. The predicted octanol–water partition coefficient (Wildman–Crippen LogP) is 1.41. The van der Waals surface area contributed by atoms with Crippen molar-refractivity contribution < 1.29 is 4.74 Å². The minimum Gasteiger partial charge on any atom is -0.378 e. The van der Waals surface area contributed by atoms with Gasteiger partial charge in [-0.05, 0) is 32.7 Å². The summed E-state index contributed by atoms with van der Waals surface area (Å²) in [6.45, 7) is 5.37. The number of nitrogens with one attached hydrogen (secondary N) is 1. The molecule has 2 heteroatoms. The van der Waals surface area contributed by atoms with Gasteiger partial charge < -0.3 is 10.1 Å². The molecular formula is C9H19NO. The number of hydrogen-bond acceptors (Lipinski definition) is 2. The van der Waals surface area contributed by atoms with Crippen molar-refractivity contribution in [1.29, 1.82) is 0 Å². The summed E-state index contributed by atoms with van der Waals surface area (Å²) < 4.78 is 5.57. The molecule has 0 amide bonds. The second-order valence-corrected chi connectivity index (χ2v) is 3.58. The van der Waals surface area contributed by atoms with Crippen LogP contribution in [0.4, 0.5) is 0 Å². The summed E-state index contributed by atoms with van der Waals surface area (Å²) in [5, 5.41) is 3.33. The van der Waals surface area contributed by atoms with Crippen LogP contribution in [0.5, 0.6) is 0 Å². The van der Waals surface area contributed by atoms with Crippen molar-refractivity contribution >= 4 is 0 Å². The molecule has 0 aromatic carbocycles. The minimum atomic E-state index is 0.448. The van der Waals surface area contributed by atoms with Gasteiger partial charge in [-0.1, -0.05) is 6.92 Å². The molecular weight excluding hydrogens is 138 g/mol. The van der Waals surface area contributed by atoms with Gasteiger partial charge >= 0.3 is 0 Å². The number of rotatable bonds is 1. The van der Waals surface area contributed by atoms with Crippen LogP contribution in [-0.4, -0.2) is 25.8 Å². The summed E-state index contributed by atoms with van der Waals surface area (Å²) in [4.78, 5) is 0. The molecule has 0 bridgehead atoms. The molecule has 1 fully saturated rings. The zero-order valence-corrected chi connectivity index (χ0v) is 7.76. The van der Waals surface area contributed by atoms with Crippen LogP contribution in [0.2, 0.25) is 0 Å². The van der Waals surface area contributed by atoms with E-state index in [2.05, 4.69) is 19.2 Å². The Morgan fingerprint density at radius 2 is 2.09 bits per heavy atom. The lowest BCUT2D eigenvalue weighted by atomic mass is 9.95. The molecule has 1 aliphatic heterocycles. The fraction of sp³-hybridized carbons (Fsp3) is 1.00. The topological polar surface area (TPSA) is 21.3 Å². The third kappa shape index (κ3) is 2.46. The van der Waals surface area contributed by atoms with Crippen LogP contribution >= 0.6 is 0 Å². The van der Waals surface area contributed by atoms with Gasteiger partial charge in [-0.25, -0.2) is 0 Å². The highest BCUT2D eigenvalue weighted by Gasteiger charge is 2.21. The SMILES string of the molecule is CNC1CCOC(C)CC1C. The van der Waals surface area contributed by atoms with Crippen LogP contribution < -0.4 is 5.32 Å². The largest absolute Gasteiger partial charge is 0.378 e. The summed E-state index contributed by atoms with van der Waals surface area (Å²) in [5.74, 6) is 0.748. The third-order valence-electron chi connectivity index (χ3n) is 2.59. The highest BCUT2D eigenvalue weighted by Crippen LogP contribution is 2.19. The van der Waals surface area contributed by atoms with Gasteiger partial charge in [-0.3, -0.25) is 0 Å². The molecule has 1 rings (SSSR count). The Hall–Kier alpha value is -0.0800. The minimum absolute atomic E-state index is 0.448. The summed E-state index contributed by atoms with van der Waals surface area (Å²) in [6, 6.07) is 0.653. The van der Waals surface area contributed by atoms with Gasteiger partial charge in [0.2, 0.25) is 0 Å². The molecule has 0 saturated carbocycles. The fourth-order valence-corrected chi connectivity index (χ4v) is 1.87. The van der Waals surface area contributed by atoms with E-state index in [-0.39, 0.29) is 0 Å². The maximum absolute atomic E-state index is 5.57. The first kappa shape index (κ1) is 9.01. The molecule has 1 N–H and O–H groups in total. The van der Waals surface area contributed by atoms with E-state index in [9.17, 15) is 0 Å². The predicted molar refractivity (Wildman–Crippen MR) is 46.7 cm³/mol. The zero-order chi connectivity index (χ0) is 8.27. The van der Waals surface area contributed by atoms with E-state index in [4.69, 9.17) is 4.74 Å². The molecule has 11 heavy (non-hydrogen) atoms. The van der Waals surface area contributed by atoms with Gasteiger partial charge in [0, 0.05) is 12.6 Å². The van der Waals surface area contributed by atoms with Crippen molar-refractivity contribution in [1.82, 2.24) is 5.32 Å². The normalized spacial score (nSPS) is 40.1. The molecule has 3 atom stereocenters. The average Bonchev–Trinajstić information content (AvgIpc) is 2.11. The van der Waals surface area contributed by atoms with Gasteiger partial charge in [0.05, 0.1) is 6.10 Å². The van der Waals surface area contributed by atoms with Gasteiger partial charge in [0.1, 0.15) is 0 Å². The van der Waals surface area contributed by atoms with E-state index in [0.717, 1.165) is 18.9 Å². The van der Waals surface area contributed by atoms with E-state index in [1.165, 1.54) is 6.42 Å². The Labute approximate surface area is 69.3 Å². The van der Waals surface area contributed by atoms with E-state index in [1.54, 1.807) is 0 Å². The first-order valence-electron chi connectivity index (χ1n) is 4.53. The Kier molecular flexibility index (Phi) is 3.34. The molecule has 3 unspecified atom stereocenters. The molecule has 1 heterocycles. The van der Waals surface area contributed by atoms with Crippen LogP contribution in [0.1, 0.15) is 26.7 Å². The van der Waals surface area contributed by atoms with Gasteiger partial charge in [-0.15, -0.1) is 0 Å². The molecule has 0 aromatic rings. The van der Waals surface area contributed by atoms with Gasteiger partial charge in [0.15, 0.2) is 0 Å². The van der Waals surface area contributed by atoms with Crippen LogP contribution in [0.15, 0.2) is 0 Å². The second-order valence-electron chi connectivity index (χ2n) is 3.58. The second kappa shape index (κ2) is 4.07. The van der Waals surface area contributed by atoms with E-state index >= 15 is 0 Å². The highest BCUT2D eigenvalue weighted by atomic mass is 16.5. The van der Waals surface area contributed by atoms with Crippen molar-refractivity contribution in [2.75, 3.05) is 13.7 Å². The summed E-state index contributed by atoms with van der Waals surface area (Å²) in [5.41, 5.74) is 0. The van der Waals surface area contributed by atoms with Crippen LogP contribution in [0.25, 0.3) is 0 Å². The molecule has 66 valence electrons. The van der Waals surface area contributed by atoms with Crippen molar-refractivity contribution in [3.05, 3.63) is 0 Å². The highest BCUT2D eigenvalue weighted by molar-refractivity contribution is 4.76. The van der Waals surface area contributed by atoms with E-state index in [0.29, 0.717) is 12.1 Å². The monoisotopic (exact) mass is 157 g/mol. The molecule has 0 spiro atoms. The van der Waals surface area contributed by atoms with Crippen LogP contribution in [0, 0.1) is 5.92 Å². The average molecular weight is 157 g/mol. The van der Waals surface area contributed by atoms with Gasteiger partial charge in [-0.2, -0.15) is 0 Å². The Morgan fingerprint density at radius 1 is 1.36 bits per heavy atom. The van der Waals surface area contributed by atoms with E-state index < -0.39 is 0 Å². The third-order valence-corrected chi connectivity index (χ3v) is 2.59. The first-order valence-corrected chi connectivity index (χ1v) is 4.53.